The number of thioether (sulfide) groups is 1. The summed E-state index contributed by atoms with van der Waals surface area (Å²) in [7, 11) is 0. The first kappa shape index (κ1) is 31.7. The Morgan fingerprint density at radius 3 is 2.31 bits per heavy atom. The summed E-state index contributed by atoms with van der Waals surface area (Å²) >= 11 is 2.86. The molecule has 0 aliphatic heterocycles. The topological polar surface area (TPSA) is 100 Å². The van der Waals surface area contributed by atoms with E-state index in [-0.39, 0.29) is 22.8 Å². The molecule has 0 radical (unpaired) electrons. The van der Waals surface area contributed by atoms with Gasteiger partial charge < -0.3 is 16.0 Å². The summed E-state index contributed by atoms with van der Waals surface area (Å²) < 4.78 is 1.01. The largest absolute Gasteiger partial charge is 0.321 e. The number of carbonyl (C=O) groups is 3. The summed E-state index contributed by atoms with van der Waals surface area (Å²) in [6.07, 6.45) is 2.27. The molecule has 4 aromatic carbocycles. The van der Waals surface area contributed by atoms with Crippen molar-refractivity contribution in [1.82, 2.24) is 10.3 Å². The number of amides is 3. The van der Waals surface area contributed by atoms with E-state index in [0.717, 1.165) is 20.7 Å². The molecule has 7 nitrogen and oxygen atoms in total. The normalized spacial score (nSPS) is 12.1. The van der Waals surface area contributed by atoms with Gasteiger partial charge in [-0.25, -0.2) is 4.98 Å². The van der Waals surface area contributed by atoms with Crippen LogP contribution in [0.5, 0.6) is 0 Å². The van der Waals surface area contributed by atoms with Crippen molar-refractivity contribution in [2.45, 2.75) is 43.3 Å². The van der Waals surface area contributed by atoms with E-state index < -0.39 is 5.91 Å². The second kappa shape index (κ2) is 14.8. The number of para-hydroxylation sites is 1. The highest BCUT2D eigenvalue weighted by atomic mass is 32.2. The number of nitrogens with zero attached hydrogens (tertiary/aromatic N) is 1. The quantitative estimate of drug-likeness (QED) is 0.100. The predicted molar refractivity (Wildman–Crippen MR) is 186 cm³/mol. The highest BCUT2D eigenvalue weighted by Gasteiger charge is 2.20. The minimum absolute atomic E-state index is 0.112. The first-order chi connectivity index (χ1) is 21.8. The molecule has 0 spiro atoms. The molecule has 0 fully saturated rings. The minimum Gasteiger partial charge on any atom is -0.321 e. The molecule has 9 heteroatoms. The molecule has 228 valence electrons. The molecule has 5 aromatic rings. The molecular weight excluding hydrogens is 601 g/mol. The van der Waals surface area contributed by atoms with Crippen LogP contribution in [0.15, 0.2) is 114 Å². The number of anilines is 2. The Kier molecular flexibility index (Phi) is 10.4. The average Bonchev–Trinajstić information content (AvgIpc) is 3.46. The summed E-state index contributed by atoms with van der Waals surface area (Å²) in [5, 5.41) is 8.87. The molecule has 0 saturated carbocycles. The van der Waals surface area contributed by atoms with Gasteiger partial charge in [0.1, 0.15) is 5.70 Å². The number of fused-ring (bicyclic) bond motifs is 1. The molecule has 0 saturated heterocycles. The highest BCUT2D eigenvalue weighted by Crippen LogP contribution is 2.30. The van der Waals surface area contributed by atoms with Gasteiger partial charge in [-0.1, -0.05) is 92.8 Å². The highest BCUT2D eigenvalue weighted by molar-refractivity contribution is 8.00. The summed E-state index contributed by atoms with van der Waals surface area (Å²) in [6, 6.07) is 31.7. The Morgan fingerprint density at radius 2 is 1.60 bits per heavy atom. The van der Waals surface area contributed by atoms with Crippen molar-refractivity contribution < 1.29 is 14.4 Å². The van der Waals surface area contributed by atoms with E-state index in [2.05, 4.69) is 34.8 Å². The van der Waals surface area contributed by atoms with Gasteiger partial charge in [0.2, 0.25) is 5.91 Å². The van der Waals surface area contributed by atoms with Gasteiger partial charge in [0, 0.05) is 16.1 Å². The predicted octanol–water partition coefficient (Wildman–Crippen LogP) is 8.34. The Bertz CT molecular complexity index is 1800. The standard InChI is InChI=1S/C36H34N4O3S2/c1-4-31(35(43)40-36-39-29-15-8-9-16-32(29)45-36)44-28-14-10-13-27(22-28)37-34(42)30(38-33(41)26-11-6-5-7-12-26)21-24-17-19-25(20-18-24)23(2)3/h5-23,31H,4H2,1-3H3,(H,37,42)(H,38,41)(H,39,40,43)/b30-21+. The van der Waals surface area contributed by atoms with Gasteiger partial charge in [0.25, 0.3) is 11.8 Å². The van der Waals surface area contributed by atoms with Crippen LogP contribution in [-0.4, -0.2) is 28.0 Å². The van der Waals surface area contributed by atoms with E-state index in [1.165, 1.54) is 28.7 Å². The summed E-state index contributed by atoms with van der Waals surface area (Å²) in [5.41, 5.74) is 3.91. The van der Waals surface area contributed by atoms with Crippen LogP contribution in [-0.2, 0) is 9.59 Å². The van der Waals surface area contributed by atoms with E-state index in [9.17, 15) is 14.4 Å². The van der Waals surface area contributed by atoms with Gasteiger partial charge in [0.15, 0.2) is 5.13 Å². The van der Waals surface area contributed by atoms with E-state index in [4.69, 9.17) is 0 Å². The number of hydrogen-bond acceptors (Lipinski definition) is 6. The fraction of sp³-hybridized carbons (Fsp3) is 0.167. The molecule has 1 atom stereocenters. The SMILES string of the molecule is CCC(Sc1cccc(NC(=O)/C(=C\c2ccc(C(C)C)cc2)NC(=O)c2ccccc2)c1)C(=O)Nc1nc2ccccc2s1. The minimum atomic E-state index is -0.463. The van der Waals surface area contributed by atoms with Crippen LogP contribution in [0.1, 0.15) is 54.6 Å². The van der Waals surface area contributed by atoms with E-state index in [1.807, 2.05) is 79.7 Å². The number of carbonyl (C=O) groups excluding carboxylic acids is 3. The van der Waals surface area contributed by atoms with E-state index >= 15 is 0 Å². The van der Waals surface area contributed by atoms with Gasteiger partial charge in [-0.15, -0.1) is 11.8 Å². The maximum Gasteiger partial charge on any atom is 0.272 e. The van der Waals surface area contributed by atoms with Gasteiger partial charge in [-0.2, -0.15) is 0 Å². The molecule has 1 aromatic heterocycles. The first-order valence-electron chi connectivity index (χ1n) is 14.7. The number of rotatable bonds is 11. The third-order valence-electron chi connectivity index (χ3n) is 7.00. The van der Waals surface area contributed by atoms with Gasteiger partial charge in [-0.05, 0) is 72.0 Å². The van der Waals surface area contributed by atoms with Crippen molar-refractivity contribution in [3.05, 3.63) is 126 Å². The van der Waals surface area contributed by atoms with Crippen LogP contribution < -0.4 is 16.0 Å². The summed E-state index contributed by atoms with van der Waals surface area (Å²) in [4.78, 5) is 45.1. The fourth-order valence-electron chi connectivity index (χ4n) is 4.53. The maximum atomic E-state index is 13.6. The molecule has 3 amide bonds. The fourth-order valence-corrected chi connectivity index (χ4v) is 6.41. The van der Waals surface area contributed by atoms with Crippen molar-refractivity contribution in [1.29, 1.82) is 0 Å². The zero-order valence-corrected chi connectivity index (χ0v) is 26.9. The van der Waals surface area contributed by atoms with Crippen LogP contribution >= 0.6 is 23.1 Å². The van der Waals surface area contributed by atoms with Crippen molar-refractivity contribution in [3.63, 3.8) is 0 Å². The van der Waals surface area contributed by atoms with Crippen LogP contribution in [0.25, 0.3) is 16.3 Å². The number of thiazole rings is 1. The number of nitrogens with one attached hydrogen (secondary N) is 3. The van der Waals surface area contributed by atoms with Crippen molar-refractivity contribution >= 4 is 67.9 Å². The van der Waals surface area contributed by atoms with Crippen LogP contribution in [0.3, 0.4) is 0 Å². The summed E-state index contributed by atoms with van der Waals surface area (Å²) in [6.45, 7) is 6.20. The van der Waals surface area contributed by atoms with E-state index in [1.54, 1.807) is 36.4 Å². The molecular formula is C36H34N4O3S2. The lowest BCUT2D eigenvalue weighted by atomic mass is 10.0. The first-order valence-corrected chi connectivity index (χ1v) is 16.4. The van der Waals surface area contributed by atoms with Gasteiger partial charge >= 0.3 is 0 Å². The maximum absolute atomic E-state index is 13.6. The van der Waals surface area contributed by atoms with Crippen LogP contribution in [0.4, 0.5) is 10.8 Å². The second-order valence-corrected chi connectivity index (χ2v) is 13.0. The van der Waals surface area contributed by atoms with Crippen molar-refractivity contribution in [2.24, 2.45) is 0 Å². The zero-order valence-electron chi connectivity index (χ0n) is 25.2. The average molecular weight is 635 g/mol. The van der Waals surface area contributed by atoms with Crippen molar-refractivity contribution in [2.75, 3.05) is 10.6 Å². The zero-order chi connectivity index (χ0) is 31.8. The van der Waals surface area contributed by atoms with Crippen LogP contribution in [0, 0.1) is 0 Å². The molecule has 1 unspecified atom stereocenters. The molecule has 0 aliphatic rings. The monoisotopic (exact) mass is 634 g/mol. The number of aromatic nitrogens is 1. The smallest absolute Gasteiger partial charge is 0.272 e. The Morgan fingerprint density at radius 1 is 0.867 bits per heavy atom. The van der Waals surface area contributed by atoms with Gasteiger partial charge in [0.05, 0.1) is 15.5 Å². The third kappa shape index (κ3) is 8.47. The van der Waals surface area contributed by atoms with Gasteiger partial charge in [-0.3, -0.25) is 14.4 Å². The Labute approximate surface area is 271 Å². The van der Waals surface area contributed by atoms with E-state index in [0.29, 0.717) is 28.7 Å². The second-order valence-electron chi connectivity index (χ2n) is 10.7. The van der Waals surface area contributed by atoms with Crippen LogP contribution in [0.2, 0.25) is 0 Å². The molecule has 0 bridgehead atoms. The number of benzene rings is 4. The Balaban J connectivity index is 1.31. The lowest BCUT2D eigenvalue weighted by molar-refractivity contribution is -0.116. The van der Waals surface area contributed by atoms with Crippen molar-refractivity contribution in [3.8, 4) is 0 Å². The molecule has 5 rings (SSSR count). The Hall–Kier alpha value is -4.73. The lowest BCUT2D eigenvalue weighted by Crippen LogP contribution is -2.30. The molecule has 3 N–H and O–H groups in total. The molecule has 45 heavy (non-hydrogen) atoms. The number of hydrogen-bond donors (Lipinski definition) is 3. The summed E-state index contributed by atoms with van der Waals surface area (Å²) in [5.74, 6) is -0.604. The third-order valence-corrected chi connectivity index (χ3v) is 9.31. The molecule has 0 aliphatic carbocycles. The lowest BCUT2D eigenvalue weighted by Gasteiger charge is -2.15. The molecule has 1 heterocycles.